The second-order valence-corrected chi connectivity index (χ2v) is 3.07. The molecule has 0 saturated carbocycles. The fourth-order valence-electron chi connectivity index (χ4n) is 0.752. The Bertz CT molecular complexity index is 280. The number of aliphatic carboxylic acids is 1. The van der Waals surface area contributed by atoms with Crippen molar-refractivity contribution in [3.05, 3.63) is 12.2 Å². The minimum absolute atomic E-state index is 0.0237. The van der Waals surface area contributed by atoms with Crippen molar-refractivity contribution >= 4 is 17.7 Å². The Balaban J connectivity index is 3.59. The van der Waals surface area contributed by atoms with Crippen LogP contribution in [0.3, 0.4) is 0 Å². The molecule has 15 heavy (non-hydrogen) atoms. The summed E-state index contributed by atoms with van der Waals surface area (Å²) in [5, 5.41) is 8.28. The van der Waals surface area contributed by atoms with Gasteiger partial charge >= 0.3 is 11.9 Å². The van der Waals surface area contributed by atoms with Gasteiger partial charge in [0.25, 0.3) is 0 Å². The maximum atomic E-state index is 11.0. The van der Waals surface area contributed by atoms with Gasteiger partial charge in [-0.05, 0) is 12.5 Å². The Morgan fingerprint density at radius 3 is 2.27 bits per heavy atom. The molecule has 0 saturated heterocycles. The van der Waals surface area contributed by atoms with E-state index in [4.69, 9.17) is 5.11 Å². The van der Waals surface area contributed by atoms with Crippen LogP contribution in [0.25, 0.3) is 0 Å². The summed E-state index contributed by atoms with van der Waals surface area (Å²) in [7, 11) is 0. The van der Waals surface area contributed by atoms with Crippen molar-refractivity contribution < 1.29 is 24.2 Å². The van der Waals surface area contributed by atoms with Crippen molar-refractivity contribution in [1.29, 1.82) is 0 Å². The molecule has 0 aromatic rings. The minimum Gasteiger partial charge on any atom is -0.481 e. The minimum atomic E-state index is -1.05. The number of hydrogen-bond donors (Lipinski definition) is 1. The number of ether oxygens (including phenoxy) is 1. The zero-order chi connectivity index (χ0) is 11.8. The zero-order valence-electron chi connectivity index (χ0n) is 8.62. The van der Waals surface area contributed by atoms with E-state index in [2.05, 4.69) is 11.3 Å². The lowest BCUT2D eigenvalue weighted by Crippen LogP contribution is -2.11. The molecule has 0 atom stereocenters. The summed E-state index contributed by atoms with van der Waals surface area (Å²) in [6.07, 6.45) is -0.335. The van der Waals surface area contributed by atoms with Gasteiger partial charge < -0.3 is 9.84 Å². The van der Waals surface area contributed by atoms with Crippen molar-refractivity contribution in [3.63, 3.8) is 0 Å². The van der Waals surface area contributed by atoms with E-state index in [0.717, 1.165) is 0 Å². The number of rotatable bonds is 7. The number of Topliss-reactive ketones (excluding diaryl/α,β-unsaturated/α-hetero) is 1. The lowest BCUT2D eigenvalue weighted by Gasteiger charge is -2.02. The van der Waals surface area contributed by atoms with E-state index in [9.17, 15) is 14.4 Å². The second-order valence-electron chi connectivity index (χ2n) is 3.07. The maximum Gasteiger partial charge on any atom is 0.306 e. The average molecular weight is 214 g/mol. The highest BCUT2D eigenvalue weighted by Gasteiger charge is 2.08. The van der Waals surface area contributed by atoms with E-state index in [1.807, 2.05) is 0 Å². The molecule has 84 valence electrons. The standard InChI is InChI=1S/C10H14O5/c1-7(2)8(11)5-6-15-10(14)4-3-9(12)13/h1,3-6H2,2H3,(H,12,13). The molecule has 0 aliphatic rings. The molecule has 5 heteroatoms. The molecule has 0 aromatic carbocycles. The summed E-state index contributed by atoms with van der Waals surface area (Å²) >= 11 is 0. The molecule has 0 aliphatic heterocycles. The number of carboxylic acid groups (broad SMARTS) is 1. The number of carbonyl (C=O) groups is 3. The van der Waals surface area contributed by atoms with Crippen LogP contribution in [0, 0.1) is 0 Å². The highest BCUT2D eigenvalue weighted by atomic mass is 16.5. The van der Waals surface area contributed by atoms with Crippen LogP contribution in [0.5, 0.6) is 0 Å². The van der Waals surface area contributed by atoms with Crippen molar-refractivity contribution in [3.8, 4) is 0 Å². The molecule has 0 unspecified atom stereocenters. The SMILES string of the molecule is C=C(C)C(=O)CCOC(=O)CCC(=O)O. The van der Waals surface area contributed by atoms with Crippen LogP contribution in [0.2, 0.25) is 0 Å². The zero-order valence-corrected chi connectivity index (χ0v) is 8.62. The van der Waals surface area contributed by atoms with E-state index in [0.29, 0.717) is 5.57 Å². The number of carbonyl (C=O) groups excluding carboxylic acids is 2. The topological polar surface area (TPSA) is 80.7 Å². The summed E-state index contributed by atoms with van der Waals surface area (Å²) < 4.78 is 4.65. The normalized spacial score (nSPS) is 9.40. The van der Waals surface area contributed by atoms with Crippen molar-refractivity contribution in [2.75, 3.05) is 6.61 Å². The second kappa shape index (κ2) is 6.75. The third-order valence-corrected chi connectivity index (χ3v) is 1.61. The maximum absolute atomic E-state index is 11.0. The first-order valence-electron chi connectivity index (χ1n) is 4.49. The number of carboxylic acids is 1. The lowest BCUT2D eigenvalue weighted by molar-refractivity contribution is -0.148. The summed E-state index contributed by atoms with van der Waals surface area (Å²) in [6.45, 7) is 5.00. The van der Waals surface area contributed by atoms with Gasteiger partial charge in [-0.25, -0.2) is 0 Å². The van der Waals surface area contributed by atoms with E-state index in [1.165, 1.54) is 0 Å². The van der Waals surface area contributed by atoms with Gasteiger partial charge in [0, 0.05) is 6.42 Å². The molecule has 0 amide bonds. The Morgan fingerprint density at radius 1 is 1.20 bits per heavy atom. The number of ketones is 1. The first-order valence-corrected chi connectivity index (χ1v) is 4.49. The average Bonchev–Trinajstić information content (AvgIpc) is 2.14. The van der Waals surface area contributed by atoms with Crippen LogP contribution < -0.4 is 0 Å². The van der Waals surface area contributed by atoms with Crippen LogP contribution in [0.1, 0.15) is 26.2 Å². The Morgan fingerprint density at radius 2 is 1.80 bits per heavy atom. The summed E-state index contributed by atoms with van der Waals surface area (Å²) in [5.74, 6) is -1.82. The highest BCUT2D eigenvalue weighted by Crippen LogP contribution is 1.98. The third-order valence-electron chi connectivity index (χ3n) is 1.61. The predicted octanol–water partition coefficient (Wildman–Crippen LogP) is 0.930. The molecule has 0 fully saturated rings. The molecule has 0 rings (SSSR count). The van der Waals surface area contributed by atoms with Crippen LogP contribution in [0.4, 0.5) is 0 Å². The molecule has 0 aromatic heterocycles. The largest absolute Gasteiger partial charge is 0.481 e. The van der Waals surface area contributed by atoms with E-state index >= 15 is 0 Å². The predicted molar refractivity (Wildman–Crippen MR) is 52.3 cm³/mol. The Hall–Kier alpha value is -1.65. The van der Waals surface area contributed by atoms with Crippen LogP contribution >= 0.6 is 0 Å². The first kappa shape index (κ1) is 13.4. The van der Waals surface area contributed by atoms with Gasteiger partial charge in [0.2, 0.25) is 0 Å². The molecule has 0 bridgehead atoms. The van der Waals surface area contributed by atoms with Crippen LogP contribution in [0.15, 0.2) is 12.2 Å². The van der Waals surface area contributed by atoms with Crippen molar-refractivity contribution in [2.45, 2.75) is 26.2 Å². The fraction of sp³-hybridized carbons (Fsp3) is 0.500. The molecule has 0 spiro atoms. The summed E-state index contributed by atoms with van der Waals surface area (Å²) in [5.41, 5.74) is 0.414. The van der Waals surface area contributed by atoms with Crippen LogP contribution in [-0.4, -0.2) is 29.4 Å². The Labute approximate surface area is 87.7 Å². The number of allylic oxidation sites excluding steroid dienone is 1. The van der Waals surface area contributed by atoms with Gasteiger partial charge in [-0.15, -0.1) is 0 Å². The molecule has 0 radical (unpaired) electrons. The molecule has 1 N–H and O–H groups in total. The van der Waals surface area contributed by atoms with E-state index in [-0.39, 0.29) is 31.7 Å². The molecule has 0 aliphatic carbocycles. The molecular weight excluding hydrogens is 200 g/mol. The summed E-state index contributed by atoms with van der Waals surface area (Å²) in [4.78, 5) is 32.0. The number of hydrogen-bond acceptors (Lipinski definition) is 4. The van der Waals surface area contributed by atoms with Gasteiger partial charge in [0.15, 0.2) is 5.78 Å². The molecule has 0 heterocycles. The van der Waals surface area contributed by atoms with E-state index < -0.39 is 11.9 Å². The van der Waals surface area contributed by atoms with Gasteiger partial charge in [0.1, 0.15) is 0 Å². The van der Waals surface area contributed by atoms with Gasteiger partial charge in [-0.3, -0.25) is 14.4 Å². The van der Waals surface area contributed by atoms with Crippen molar-refractivity contribution in [2.24, 2.45) is 0 Å². The van der Waals surface area contributed by atoms with Gasteiger partial charge in [0.05, 0.1) is 19.4 Å². The van der Waals surface area contributed by atoms with E-state index in [1.54, 1.807) is 6.92 Å². The quantitative estimate of drug-likeness (QED) is 0.503. The Kier molecular flexibility index (Phi) is 6.01. The third kappa shape index (κ3) is 7.42. The van der Waals surface area contributed by atoms with Gasteiger partial charge in [-0.2, -0.15) is 0 Å². The van der Waals surface area contributed by atoms with Gasteiger partial charge in [-0.1, -0.05) is 6.58 Å². The summed E-state index contributed by atoms with van der Waals surface area (Å²) in [6, 6.07) is 0. The number of esters is 1. The molecular formula is C10H14O5. The lowest BCUT2D eigenvalue weighted by atomic mass is 10.2. The highest BCUT2D eigenvalue weighted by molar-refractivity contribution is 5.94. The first-order chi connectivity index (χ1) is 6.93. The smallest absolute Gasteiger partial charge is 0.306 e. The van der Waals surface area contributed by atoms with Crippen LogP contribution in [-0.2, 0) is 19.1 Å². The monoisotopic (exact) mass is 214 g/mol. The van der Waals surface area contributed by atoms with Crippen molar-refractivity contribution in [1.82, 2.24) is 0 Å². The fourth-order valence-corrected chi connectivity index (χ4v) is 0.752. The molecule has 5 nitrogen and oxygen atoms in total.